The Balaban J connectivity index is 1.99. The van der Waals surface area contributed by atoms with Crippen molar-refractivity contribution < 1.29 is 4.79 Å². The fourth-order valence-corrected chi connectivity index (χ4v) is 2.49. The largest absolute Gasteiger partial charge is 0.397 e. The highest BCUT2D eigenvalue weighted by atomic mass is 16.1. The second-order valence-corrected chi connectivity index (χ2v) is 5.17. The molecule has 2 rings (SSSR count). The molecule has 0 spiro atoms. The van der Waals surface area contributed by atoms with E-state index in [4.69, 9.17) is 5.73 Å². The number of rotatable bonds is 2. The van der Waals surface area contributed by atoms with Crippen molar-refractivity contribution in [2.24, 2.45) is 5.92 Å². The van der Waals surface area contributed by atoms with Crippen LogP contribution in [0, 0.1) is 5.92 Å². The zero-order valence-corrected chi connectivity index (χ0v) is 10.9. The Labute approximate surface area is 108 Å². The van der Waals surface area contributed by atoms with Gasteiger partial charge in [-0.05, 0) is 30.9 Å². The maximum Gasteiger partial charge on any atom is 0.270 e. The molecule has 1 heterocycles. The third-order valence-electron chi connectivity index (χ3n) is 3.70. The molecule has 18 heavy (non-hydrogen) atoms. The molecule has 2 unspecified atom stereocenters. The molecule has 0 bridgehead atoms. The van der Waals surface area contributed by atoms with Gasteiger partial charge in [0.25, 0.3) is 5.91 Å². The van der Waals surface area contributed by atoms with Crippen molar-refractivity contribution in [1.82, 2.24) is 10.3 Å². The van der Waals surface area contributed by atoms with E-state index < -0.39 is 0 Å². The Hall–Kier alpha value is -1.58. The number of pyridine rings is 1. The number of anilines is 1. The summed E-state index contributed by atoms with van der Waals surface area (Å²) in [6.07, 6.45) is 7.53. The monoisotopic (exact) mass is 247 g/mol. The highest BCUT2D eigenvalue weighted by Crippen LogP contribution is 2.23. The summed E-state index contributed by atoms with van der Waals surface area (Å²) in [6.45, 7) is 2.21. The topological polar surface area (TPSA) is 68.0 Å². The number of nitrogens with zero attached hydrogens (tertiary/aromatic N) is 1. The fraction of sp³-hybridized carbons (Fsp3) is 0.571. The van der Waals surface area contributed by atoms with Gasteiger partial charge in [0.1, 0.15) is 5.69 Å². The standard InChI is InChI=1S/C14H21N3O/c1-10-5-3-2-4-6-12(10)17-14(18)13-8-7-11(15)9-16-13/h7-10,12H,2-6,15H2,1H3,(H,17,18). The average Bonchev–Trinajstić information content (AvgIpc) is 2.56. The minimum Gasteiger partial charge on any atom is -0.397 e. The predicted molar refractivity (Wildman–Crippen MR) is 72.2 cm³/mol. The van der Waals surface area contributed by atoms with E-state index in [1.54, 1.807) is 12.1 Å². The molecule has 1 aromatic heterocycles. The summed E-state index contributed by atoms with van der Waals surface area (Å²) in [5.74, 6) is 0.457. The molecule has 1 saturated carbocycles. The minimum atomic E-state index is -0.0891. The van der Waals surface area contributed by atoms with Crippen LogP contribution in [-0.2, 0) is 0 Å². The predicted octanol–water partition coefficient (Wildman–Crippen LogP) is 2.36. The molecule has 1 aromatic rings. The van der Waals surface area contributed by atoms with Gasteiger partial charge in [-0.15, -0.1) is 0 Å². The van der Waals surface area contributed by atoms with Crippen molar-refractivity contribution in [3.63, 3.8) is 0 Å². The molecule has 1 fully saturated rings. The third-order valence-corrected chi connectivity index (χ3v) is 3.70. The number of aromatic nitrogens is 1. The third kappa shape index (κ3) is 3.22. The first-order valence-corrected chi connectivity index (χ1v) is 6.69. The summed E-state index contributed by atoms with van der Waals surface area (Å²) in [6, 6.07) is 3.66. The Morgan fingerprint density at radius 3 is 2.83 bits per heavy atom. The van der Waals surface area contributed by atoms with Crippen LogP contribution in [-0.4, -0.2) is 16.9 Å². The molecular weight excluding hydrogens is 226 g/mol. The number of hydrogen-bond acceptors (Lipinski definition) is 3. The quantitative estimate of drug-likeness (QED) is 0.788. The first kappa shape index (κ1) is 12.9. The Kier molecular flexibility index (Phi) is 4.18. The molecule has 1 aliphatic rings. The molecule has 98 valence electrons. The van der Waals surface area contributed by atoms with E-state index in [2.05, 4.69) is 17.2 Å². The SMILES string of the molecule is CC1CCCCCC1NC(=O)c1ccc(N)cn1. The van der Waals surface area contributed by atoms with Gasteiger partial charge in [0.05, 0.1) is 11.9 Å². The van der Waals surface area contributed by atoms with Gasteiger partial charge >= 0.3 is 0 Å². The van der Waals surface area contributed by atoms with Gasteiger partial charge in [-0.2, -0.15) is 0 Å². The van der Waals surface area contributed by atoms with Crippen LogP contribution in [0.2, 0.25) is 0 Å². The van der Waals surface area contributed by atoms with Crippen LogP contribution < -0.4 is 11.1 Å². The maximum atomic E-state index is 12.1. The smallest absolute Gasteiger partial charge is 0.270 e. The van der Waals surface area contributed by atoms with Gasteiger partial charge in [-0.1, -0.05) is 26.2 Å². The zero-order chi connectivity index (χ0) is 13.0. The van der Waals surface area contributed by atoms with Crippen LogP contribution >= 0.6 is 0 Å². The van der Waals surface area contributed by atoms with Gasteiger partial charge in [0.2, 0.25) is 0 Å². The van der Waals surface area contributed by atoms with Crippen LogP contribution in [0.1, 0.15) is 49.5 Å². The number of amides is 1. The van der Waals surface area contributed by atoms with Gasteiger partial charge in [-0.3, -0.25) is 4.79 Å². The highest BCUT2D eigenvalue weighted by molar-refractivity contribution is 5.92. The lowest BCUT2D eigenvalue weighted by molar-refractivity contribution is 0.0916. The minimum absolute atomic E-state index is 0.0891. The number of nitrogen functional groups attached to an aromatic ring is 1. The van der Waals surface area contributed by atoms with Crippen LogP contribution in [0.4, 0.5) is 5.69 Å². The molecule has 0 saturated heterocycles. The number of nitrogens with two attached hydrogens (primary N) is 1. The van der Waals surface area contributed by atoms with Crippen LogP contribution in [0.15, 0.2) is 18.3 Å². The van der Waals surface area contributed by atoms with Gasteiger partial charge in [-0.25, -0.2) is 4.98 Å². The molecule has 0 aliphatic heterocycles. The van der Waals surface area contributed by atoms with E-state index in [-0.39, 0.29) is 11.9 Å². The van der Waals surface area contributed by atoms with Crippen molar-refractivity contribution in [3.8, 4) is 0 Å². The molecule has 4 nitrogen and oxygen atoms in total. The molecule has 1 aliphatic carbocycles. The van der Waals surface area contributed by atoms with E-state index in [0.717, 1.165) is 6.42 Å². The maximum absolute atomic E-state index is 12.1. The molecule has 4 heteroatoms. The number of hydrogen-bond donors (Lipinski definition) is 2. The Morgan fingerprint density at radius 2 is 2.11 bits per heavy atom. The Morgan fingerprint density at radius 1 is 1.33 bits per heavy atom. The van der Waals surface area contributed by atoms with Crippen molar-refractivity contribution in [2.75, 3.05) is 5.73 Å². The average molecular weight is 247 g/mol. The van der Waals surface area contributed by atoms with Crippen molar-refractivity contribution >= 4 is 11.6 Å². The Bertz CT molecular complexity index is 402. The summed E-state index contributed by atoms with van der Waals surface area (Å²) < 4.78 is 0. The summed E-state index contributed by atoms with van der Waals surface area (Å²) in [4.78, 5) is 16.1. The van der Waals surface area contributed by atoms with Crippen LogP contribution in [0.3, 0.4) is 0 Å². The summed E-state index contributed by atoms with van der Waals surface area (Å²) >= 11 is 0. The van der Waals surface area contributed by atoms with Gasteiger partial charge < -0.3 is 11.1 Å². The van der Waals surface area contributed by atoms with E-state index in [1.807, 2.05) is 0 Å². The van der Waals surface area contributed by atoms with Crippen molar-refractivity contribution in [1.29, 1.82) is 0 Å². The number of carbonyl (C=O) groups excluding carboxylic acids is 1. The lowest BCUT2D eigenvalue weighted by Crippen LogP contribution is -2.39. The molecule has 3 N–H and O–H groups in total. The van der Waals surface area contributed by atoms with Gasteiger partial charge in [0.15, 0.2) is 0 Å². The van der Waals surface area contributed by atoms with Crippen LogP contribution in [0.25, 0.3) is 0 Å². The molecule has 1 amide bonds. The van der Waals surface area contributed by atoms with E-state index >= 15 is 0 Å². The van der Waals surface area contributed by atoms with E-state index in [9.17, 15) is 4.79 Å². The van der Waals surface area contributed by atoms with E-state index in [0.29, 0.717) is 17.3 Å². The summed E-state index contributed by atoms with van der Waals surface area (Å²) in [5, 5.41) is 3.10. The van der Waals surface area contributed by atoms with Gasteiger partial charge in [0, 0.05) is 6.04 Å². The highest BCUT2D eigenvalue weighted by Gasteiger charge is 2.22. The summed E-state index contributed by atoms with van der Waals surface area (Å²) in [7, 11) is 0. The number of nitrogens with one attached hydrogen (secondary N) is 1. The fourth-order valence-electron chi connectivity index (χ4n) is 2.49. The van der Waals surface area contributed by atoms with Crippen molar-refractivity contribution in [2.45, 2.75) is 45.1 Å². The van der Waals surface area contributed by atoms with Crippen LogP contribution in [0.5, 0.6) is 0 Å². The second kappa shape index (κ2) is 5.85. The number of carbonyl (C=O) groups is 1. The van der Waals surface area contributed by atoms with E-state index in [1.165, 1.54) is 31.9 Å². The van der Waals surface area contributed by atoms with Crippen molar-refractivity contribution in [3.05, 3.63) is 24.0 Å². The first-order chi connectivity index (χ1) is 8.66. The normalized spacial score (nSPS) is 24.3. The second-order valence-electron chi connectivity index (χ2n) is 5.17. The lowest BCUT2D eigenvalue weighted by atomic mass is 9.97. The zero-order valence-electron chi connectivity index (χ0n) is 10.9. The molecule has 0 aromatic carbocycles. The first-order valence-electron chi connectivity index (χ1n) is 6.69. The molecule has 2 atom stereocenters. The summed E-state index contributed by atoms with van der Waals surface area (Å²) in [5.41, 5.74) is 6.58. The molecule has 0 radical (unpaired) electrons. The lowest BCUT2D eigenvalue weighted by Gasteiger charge is -2.22. The molecular formula is C14H21N3O.